The van der Waals surface area contributed by atoms with E-state index in [1.54, 1.807) is 6.33 Å². The van der Waals surface area contributed by atoms with Gasteiger partial charge in [0, 0.05) is 24.0 Å². The lowest BCUT2D eigenvalue weighted by molar-refractivity contribution is -0.0220. The minimum atomic E-state index is -0.496. The average molecular weight is 257 g/mol. The summed E-state index contributed by atoms with van der Waals surface area (Å²) in [6.07, 6.45) is 1.47. The third kappa shape index (κ3) is 3.20. The number of hydrogen-bond acceptors (Lipinski definition) is 5. The van der Waals surface area contributed by atoms with E-state index in [0.717, 1.165) is 23.9 Å². The summed E-state index contributed by atoms with van der Waals surface area (Å²) in [6.45, 7) is 4.83. The van der Waals surface area contributed by atoms with E-state index in [0.29, 0.717) is 6.42 Å². The lowest BCUT2D eigenvalue weighted by atomic mass is 10.1. The summed E-state index contributed by atoms with van der Waals surface area (Å²) in [5.74, 6) is 2.70. The molecule has 1 aliphatic heterocycles. The Hall–Kier alpha value is -0.590. The van der Waals surface area contributed by atoms with Crippen molar-refractivity contribution >= 4 is 11.8 Å². The van der Waals surface area contributed by atoms with E-state index in [4.69, 9.17) is 4.74 Å². The molecule has 96 valence electrons. The highest BCUT2D eigenvalue weighted by Crippen LogP contribution is 2.18. The first-order valence-corrected chi connectivity index (χ1v) is 7.09. The maximum Gasteiger partial charge on any atom is 0.138 e. The maximum atomic E-state index is 10.1. The van der Waals surface area contributed by atoms with Gasteiger partial charge in [-0.15, -0.1) is 0 Å². The summed E-state index contributed by atoms with van der Waals surface area (Å²) >= 11 is 1.83. The average Bonchev–Trinajstić information content (AvgIpc) is 2.78. The van der Waals surface area contributed by atoms with Crippen molar-refractivity contribution in [1.29, 1.82) is 0 Å². The molecule has 17 heavy (non-hydrogen) atoms. The Labute approximate surface area is 106 Å². The van der Waals surface area contributed by atoms with Crippen molar-refractivity contribution < 1.29 is 9.84 Å². The Morgan fingerprint density at radius 1 is 1.65 bits per heavy atom. The van der Waals surface area contributed by atoms with Crippen molar-refractivity contribution in [3.05, 3.63) is 12.2 Å². The van der Waals surface area contributed by atoms with Gasteiger partial charge in [0.1, 0.15) is 12.2 Å². The summed E-state index contributed by atoms with van der Waals surface area (Å²) in [7, 11) is 0. The van der Waals surface area contributed by atoms with Crippen LogP contribution in [-0.4, -0.2) is 50.2 Å². The predicted octanol–water partition coefficient (Wildman–Crippen LogP) is 0.894. The van der Waals surface area contributed by atoms with Gasteiger partial charge in [-0.1, -0.05) is 0 Å². The zero-order valence-corrected chi connectivity index (χ0v) is 11.1. The van der Waals surface area contributed by atoms with Crippen LogP contribution in [-0.2, 0) is 11.2 Å². The zero-order valence-electron chi connectivity index (χ0n) is 10.2. The smallest absolute Gasteiger partial charge is 0.138 e. The summed E-state index contributed by atoms with van der Waals surface area (Å²) in [4.78, 5) is 4.20. The van der Waals surface area contributed by atoms with Gasteiger partial charge in [0.2, 0.25) is 0 Å². The summed E-state index contributed by atoms with van der Waals surface area (Å²) < 4.78 is 7.41. The Balaban J connectivity index is 1.97. The van der Waals surface area contributed by atoms with Crippen LogP contribution in [0.5, 0.6) is 0 Å². The first kappa shape index (κ1) is 12.9. The molecular formula is C11H19N3O2S. The maximum absolute atomic E-state index is 10.1. The van der Waals surface area contributed by atoms with E-state index >= 15 is 0 Å². The third-order valence-electron chi connectivity index (χ3n) is 2.80. The monoisotopic (exact) mass is 257 g/mol. The standard InChI is InChI=1S/C11H19N3O2S/c1-8(2)14-11(12-7-13-14)5-9(15)10-6-17-4-3-16-10/h7-10,15H,3-6H2,1-2H3. The van der Waals surface area contributed by atoms with Crippen LogP contribution >= 0.6 is 11.8 Å². The lowest BCUT2D eigenvalue weighted by Gasteiger charge is -2.26. The van der Waals surface area contributed by atoms with Crippen molar-refractivity contribution in [3.8, 4) is 0 Å². The molecule has 0 bridgehead atoms. The molecule has 1 fully saturated rings. The van der Waals surface area contributed by atoms with Gasteiger partial charge >= 0.3 is 0 Å². The number of hydrogen-bond donors (Lipinski definition) is 1. The van der Waals surface area contributed by atoms with E-state index in [1.807, 2.05) is 16.4 Å². The highest BCUT2D eigenvalue weighted by molar-refractivity contribution is 7.99. The van der Waals surface area contributed by atoms with Crippen molar-refractivity contribution in [3.63, 3.8) is 0 Å². The topological polar surface area (TPSA) is 60.2 Å². The Morgan fingerprint density at radius 2 is 2.47 bits per heavy atom. The van der Waals surface area contributed by atoms with E-state index in [9.17, 15) is 5.11 Å². The Kier molecular flexibility index (Phi) is 4.42. The van der Waals surface area contributed by atoms with Gasteiger partial charge < -0.3 is 9.84 Å². The summed E-state index contributed by atoms with van der Waals surface area (Å²) in [5.41, 5.74) is 0. The molecule has 2 atom stereocenters. The lowest BCUT2D eigenvalue weighted by Crippen LogP contribution is -2.37. The second-order valence-corrected chi connectivity index (χ2v) is 5.62. The molecule has 0 spiro atoms. The van der Waals surface area contributed by atoms with E-state index < -0.39 is 6.10 Å². The summed E-state index contributed by atoms with van der Waals surface area (Å²) in [6, 6.07) is 0.265. The number of nitrogens with zero attached hydrogens (tertiary/aromatic N) is 3. The molecule has 2 rings (SSSR count). The van der Waals surface area contributed by atoms with Gasteiger partial charge in [-0.3, -0.25) is 0 Å². The molecule has 5 nitrogen and oxygen atoms in total. The number of ether oxygens (including phenoxy) is 1. The van der Waals surface area contributed by atoms with Gasteiger partial charge in [0.25, 0.3) is 0 Å². The van der Waals surface area contributed by atoms with Crippen molar-refractivity contribution in [2.75, 3.05) is 18.1 Å². The van der Waals surface area contributed by atoms with Crippen LogP contribution in [0.3, 0.4) is 0 Å². The molecular weight excluding hydrogens is 238 g/mol. The second kappa shape index (κ2) is 5.84. The SMILES string of the molecule is CC(C)n1ncnc1CC(O)C1CSCCO1. The molecule has 1 aromatic rings. The highest BCUT2D eigenvalue weighted by Gasteiger charge is 2.25. The highest BCUT2D eigenvalue weighted by atomic mass is 32.2. The molecule has 1 aromatic heterocycles. The number of aliphatic hydroxyl groups excluding tert-OH is 1. The molecule has 2 heterocycles. The first-order valence-electron chi connectivity index (χ1n) is 5.94. The van der Waals surface area contributed by atoms with Crippen LogP contribution in [0.15, 0.2) is 6.33 Å². The molecule has 0 saturated carbocycles. The van der Waals surface area contributed by atoms with Crippen LogP contribution in [0, 0.1) is 0 Å². The van der Waals surface area contributed by atoms with Crippen molar-refractivity contribution in [2.45, 2.75) is 38.5 Å². The van der Waals surface area contributed by atoms with Crippen molar-refractivity contribution in [2.24, 2.45) is 0 Å². The summed E-state index contributed by atoms with van der Waals surface area (Å²) in [5, 5.41) is 14.3. The van der Waals surface area contributed by atoms with Crippen LogP contribution in [0.25, 0.3) is 0 Å². The van der Waals surface area contributed by atoms with E-state index in [1.165, 1.54) is 0 Å². The normalized spacial score (nSPS) is 22.9. The minimum Gasteiger partial charge on any atom is -0.390 e. The van der Waals surface area contributed by atoms with E-state index in [2.05, 4.69) is 23.9 Å². The Morgan fingerprint density at radius 3 is 3.12 bits per heavy atom. The van der Waals surface area contributed by atoms with Gasteiger partial charge in [-0.2, -0.15) is 16.9 Å². The molecule has 0 amide bonds. The first-order chi connectivity index (χ1) is 8.18. The number of aromatic nitrogens is 3. The molecule has 1 N–H and O–H groups in total. The predicted molar refractivity (Wildman–Crippen MR) is 67.2 cm³/mol. The zero-order chi connectivity index (χ0) is 12.3. The van der Waals surface area contributed by atoms with Crippen LogP contribution in [0.2, 0.25) is 0 Å². The Bertz CT molecular complexity index is 350. The minimum absolute atomic E-state index is 0.0777. The van der Waals surface area contributed by atoms with E-state index in [-0.39, 0.29) is 12.1 Å². The molecule has 0 aliphatic carbocycles. The number of rotatable bonds is 4. The van der Waals surface area contributed by atoms with Crippen LogP contribution in [0.4, 0.5) is 0 Å². The molecule has 2 unspecified atom stereocenters. The van der Waals surface area contributed by atoms with Crippen LogP contribution < -0.4 is 0 Å². The van der Waals surface area contributed by atoms with Gasteiger partial charge in [-0.25, -0.2) is 9.67 Å². The van der Waals surface area contributed by atoms with Gasteiger partial charge in [0.15, 0.2) is 0 Å². The van der Waals surface area contributed by atoms with Crippen molar-refractivity contribution in [1.82, 2.24) is 14.8 Å². The fourth-order valence-electron chi connectivity index (χ4n) is 1.90. The quantitative estimate of drug-likeness (QED) is 0.868. The fraction of sp³-hybridized carbons (Fsp3) is 0.818. The number of thioether (sulfide) groups is 1. The van der Waals surface area contributed by atoms with Gasteiger partial charge in [0.05, 0.1) is 18.8 Å². The van der Waals surface area contributed by atoms with Gasteiger partial charge in [-0.05, 0) is 13.8 Å². The molecule has 0 radical (unpaired) electrons. The largest absolute Gasteiger partial charge is 0.390 e. The molecule has 0 aromatic carbocycles. The fourth-order valence-corrected chi connectivity index (χ4v) is 2.83. The molecule has 1 saturated heterocycles. The van der Waals surface area contributed by atoms with Crippen LogP contribution in [0.1, 0.15) is 25.7 Å². The third-order valence-corrected chi connectivity index (χ3v) is 3.82. The second-order valence-electron chi connectivity index (χ2n) is 4.47. The number of aliphatic hydroxyl groups is 1. The molecule has 6 heteroatoms. The molecule has 1 aliphatic rings.